The van der Waals surface area contributed by atoms with Crippen molar-refractivity contribution in [2.75, 3.05) is 12.4 Å². The number of amides is 2. The van der Waals surface area contributed by atoms with Gasteiger partial charge in [-0.3, -0.25) is 9.59 Å². The first kappa shape index (κ1) is 20.7. The molecule has 5 nitrogen and oxygen atoms in total. The molecule has 1 aliphatic rings. The highest BCUT2D eigenvalue weighted by Gasteiger charge is 2.22. The summed E-state index contributed by atoms with van der Waals surface area (Å²) < 4.78 is 18.2. The number of fused-ring (bicyclic) bond motifs is 1. The molecule has 3 aromatic carbocycles. The molecule has 0 aliphatic carbocycles. The predicted octanol–water partition coefficient (Wildman–Crippen LogP) is 4.85. The van der Waals surface area contributed by atoms with Gasteiger partial charge in [0, 0.05) is 17.0 Å². The minimum atomic E-state index is -0.321. The summed E-state index contributed by atoms with van der Waals surface area (Å²) in [5, 5.41) is 5.65. The molecule has 0 unspecified atom stereocenters. The zero-order chi connectivity index (χ0) is 21.8. The third-order valence-corrected chi connectivity index (χ3v) is 5.79. The van der Waals surface area contributed by atoms with E-state index in [0.29, 0.717) is 21.9 Å². The number of benzene rings is 3. The largest absolute Gasteiger partial charge is 0.497 e. The zero-order valence-electron chi connectivity index (χ0n) is 16.6. The van der Waals surface area contributed by atoms with Crippen LogP contribution in [0.3, 0.4) is 0 Å². The minimum absolute atomic E-state index is 0.232. The third kappa shape index (κ3) is 4.95. The minimum Gasteiger partial charge on any atom is -0.497 e. The summed E-state index contributed by atoms with van der Waals surface area (Å²) in [4.78, 5) is 26.5. The number of hydrogen-bond acceptors (Lipinski definition) is 4. The van der Waals surface area contributed by atoms with Gasteiger partial charge in [-0.05, 0) is 59.7 Å². The van der Waals surface area contributed by atoms with E-state index in [0.717, 1.165) is 16.0 Å². The van der Waals surface area contributed by atoms with Gasteiger partial charge in [0.05, 0.1) is 17.7 Å². The highest BCUT2D eigenvalue weighted by Crippen LogP contribution is 2.39. The fraction of sp³-hybridized carbons (Fsp3) is 0.0833. The second-order valence-corrected chi connectivity index (χ2v) is 7.95. The Kier molecular flexibility index (Phi) is 6.04. The molecule has 31 heavy (non-hydrogen) atoms. The van der Waals surface area contributed by atoms with Gasteiger partial charge in [0.2, 0.25) is 0 Å². The fourth-order valence-corrected chi connectivity index (χ4v) is 4.00. The maximum absolute atomic E-state index is 13.0. The molecule has 0 bridgehead atoms. The summed E-state index contributed by atoms with van der Waals surface area (Å²) in [6, 6.07) is 18.6. The SMILES string of the molecule is COc1cccc(C=C2Sc3ccc(C(=O)NCc4ccc(F)cc4)cc3NC2=O)c1. The van der Waals surface area contributed by atoms with Gasteiger partial charge in [0.1, 0.15) is 11.6 Å². The van der Waals surface area contributed by atoms with E-state index < -0.39 is 0 Å². The lowest BCUT2D eigenvalue weighted by molar-refractivity contribution is -0.112. The Bertz CT molecular complexity index is 1180. The van der Waals surface area contributed by atoms with E-state index in [1.54, 1.807) is 37.5 Å². The van der Waals surface area contributed by atoms with E-state index in [1.165, 1.54) is 23.9 Å². The van der Waals surface area contributed by atoms with Crippen LogP contribution in [0.1, 0.15) is 21.5 Å². The Morgan fingerprint density at radius 1 is 1.13 bits per heavy atom. The molecule has 0 radical (unpaired) electrons. The maximum atomic E-state index is 13.0. The van der Waals surface area contributed by atoms with Crippen molar-refractivity contribution in [3.8, 4) is 5.75 Å². The van der Waals surface area contributed by atoms with Gasteiger partial charge in [-0.15, -0.1) is 0 Å². The molecule has 4 rings (SSSR count). The first-order valence-electron chi connectivity index (χ1n) is 9.53. The summed E-state index contributed by atoms with van der Waals surface area (Å²) in [6.45, 7) is 0.282. The Balaban J connectivity index is 1.47. The van der Waals surface area contributed by atoms with E-state index in [4.69, 9.17) is 4.74 Å². The second-order valence-electron chi connectivity index (χ2n) is 6.86. The van der Waals surface area contributed by atoms with Crippen molar-refractivity contribution in [3.63, 3.8) is 0 Å². The number of halogens is 1. The van der Waals surface area contributed by atoms with Gasteiger partial charge in [0.25, 0.3) is 11.8 Å². The van der Waals surface area contributed by atoms with Gasteiger partial charge in [-0.1, -0.05) is 36.0 Å². The molecule has 0 saturated carbocycles. The van der Waals surface area contributed by atoms with Crippen molar-refractivity contribution in [2.45, 2.75) is 11.4 Å². The van der Waals surface area contributed by atoms with Gasteiger partial charge >= 0.3 is 0 Å². The Morgan fingerprint density at radius 2 is 1.94 bits per heavy atom. The molecule has 1 aliphatic heterocycles. The molecule has 0 atom stereocenters. The van der Waals surface area contributed by atoms with Gasteiger partial charge in [-0.2, -0.15) is 0 Å². The van der Waals surface area contributed by atoms with Crippen LogP contribution in [0.15, 0.2) is 76.5 Å². The number of hydrogen-bond donors (Lipinski definition) is 2. The van der Waals surface area contributed by atoms with Gasteiger partial charge in [0.15, 0.2) is 0 Å². The smallest absolute Gasteiger partial charge is 0.262 e. The highest BCUT2D eigenvalue weighted by molar-refractivity contribution is 8.04. The average Bonchev–Trinajstić information content (AvgIpc) is 2.79. The molecule has 0 spiro atoms. The van der Waals surface area contributed by atoms with E-state index in [1.807, 2.05) is 30.3 Å². The molecule has 0 aromatic heterocycles. The standard InChI is InChI=1S/C24H19FN2O3S/c1-30-19-4-2-3-16(11-19)12-22-24(29)27-20-13-17(7-10-21(20)31-22)23(28)26-14-15-5-8-18(25)9-6-15/h2-13H,14H2,1H3,(H,26,28)(H,27,29). The van der Waals surface area contributed by atoms with Crippen LogP contribution >= 0.6 is 11.8 Å². The number of nitrogens with one attached hydrogen (secondary N) is 2. The van der Waals surface area contributed by atoms with E-state index in [9.17, 15) is 14.0 Å². The topological polar surface area (TPSA) is 67.4 Å². The van der Waals surface area contributed by atoms with Crippen LogP contribution in [0.25, 0.3) is 6.08 Å². The number of rotatable bonds is 5. The number of carbonyl (C=O) groups is 2. The van der Waals surface area contributed by atoms with E-state index in [-0.39, 0.29) is 24.2 Å². The Morgan fingerprint density at radius 3 is 2.71 bits per heavy atom. The molecular weight excluding hydrogens is 415 g/mol. The van der Waals surface area contributed by atoms with Crippen LogP contribution < -0.4 is 15.4 Å². The average molecular weight is 434 g/mol. The van der Waals surface area contributed by atoms with Gasteiger partial charge < -0.3 is 15.4 Å². The lowest BCUT2D eigenvalue weighted by Gasteiger charge is -2.19. The third-order valence-electron chi connectivity index (χ3n) is 4.69. The number of carbonyl (C=O) groups excluding carboxylic acids is 2. The van der Waals surface area contributed by atoms with Crippen LogP contribution in [0.4, 0.5) is 10.1 Å². The molecule has 2 amide bonds. The maximum Gasteiger partial charge on any atom is 0.262 e. The van der Waals surface area contributed by atoms with Crippen LogP contribution in [-0.4, -0.2) is 18.9 Å². The van der Waals surface area contributed by atoms with Crippen molar-refractivity contribution in [1.82, 2.24) is 5.32 Å². The van der Waals surface area contributed by atoms with E-state index in [2.05, 4.69) is 10.6 Å². The van der Waals surface area contributed by atoms with Crippen molar-refractivity contribution in [1.29, 1.82) is 0 Å². The summed E-state index contributed by atoms with van der Waals surface area (Å²) in [5.74, 6) is -0.113. The molecule has 1 heterocycles. The highest BCUT2D eigenvalue weighted by atomic mass is 32.2. The first-order chi connectivity index (χ1) is 15.0. The monoisotopic (exact) mass is 434 g/mol. The molecule has 0 saturated heterocycles. The second kappa shape index (κ2) is 9.06. The number of ether oxygens (including phenoxy) is 1. The first-order valence-corrected chi connectivity index (χ1v) is 10.3. The van der Waals surface area contributed by atoms with Gasteiger partial charge in [-0.25, -0.2) is 4.39 Å². The molecular formula is C24H19FN2O3S. The van der Waals surface area contributed by atoms with Crippen LogP contribution in [-0.2, 0) is 11.3 Å². The Labute approximate surface area is 183 Å². The predicted molar refractivity (Wildman–Crippen MR) is 119 cm³/mol. The van der Waals surface area contributed by atoms with Crippen molar-refractivity contribution < 1.29 is 18.7 Å². The van der Waals surface area contributed by atoms with Crippen LogP contribution in [0.5, 0.6) is 5.75 Å². The fourth-order valence-electron chi connectivity index (χ4n) is 3.07. The van der Waals surface area contributed by atoms with Crippen molar-refractivity contribution >= 4 is 35.3 Å². The molecule has 0 fully saturated rings. The van der Waals surface area contributed by atoms with Crippen LogP contribution in [0.2, 0.25) is 0 Å². The lowest BCUT2D eigenvalue weighted by Crippen LogP contribution is -2.23. The molecule has 7 heteroatoms. The van der Waals surface area contributed by atoms with Crippen molar-refractivity contribution in [2.24, 2.45) is 0 Å². The zero-order valence-corrected chi connectivity index (χ0v) is 17.5. The summed E-state index contributed by atoms with van der Waals surface area (Å²) in [6.07, 6.45) is 1.80. The van der Waals surface area contributed by atoms with E-state index >= 15 is 0 Å². The van der Waals surface area contributed by atoms with Crippen LogP contribution in [0, 0.1) is 5.82 Å². The summed E-state index contributed by atoms with van der Waals surface area (Å²) in [5.41, 5.74) is 2.68. The molecule has 156 valence electrons. The lowest BCUT2D eigenvalue weighted by atomic mass is 10.1. The quantitative estimate of drug-likeness (QED) is 0.564. The Hall–Kier alpha value is -3.58. The molecule has 3 aromatic rings. The van der Waals surface area contributed by atoms with Crippen molar-refractivity contribution in [3.05, 3.63) is 94.1 Å². The number of methoxy groups -OCH3 is 1. The number of anilines is 1. The summed E-state index contributed by atoms with van der Waals surface area (Å²) >= 11 is 1.35. The summed E-state index contributed by atoms with van der Waals surface area (Å²) in [7, 11) is 1.60. The molecule has 2 N–H and O–H groups in total. The number of thioether (sulfide) groups is 1. The normalized spacial score (nSPS) is 14.0.